The Kier molecular flexibility index (Phi) is 3.43. The Morgan fingerprint density at radius 3 is 2.56 bits per heavy atom. The molecule has 0 spiro atoms. The van der Waals surface area contributed by atoms with Gasteiger partial charge in [0.15, 0.2) is 9.84 Å². The molecule has 5 heteroatoms. The van der Waals surface area contributed by atoms with E-state index in [-0.39, 0.29) is 11.8 Å². The Bertz CT molecular complexity index is 574. The van der Waals surface area contributed by atoms with Gasteiger partial charge in [0.1, 0.15) is 0 Å². The third-order valence-corrected chi connectivity index (χ3v) is 4.31. The Labute approximate surface area is 107 Å². The van der Waals surface area contributed by atoms with Crippen molar-refractivity contribution in [1.29, 1.82) is 0 Å². The van der Waals surface area contributed by atoms with Crippen molar-refractivity contribution >= 4 is 15.7 Å². The SMILES string of the molecule is Cc1cc(CNC(=O)C2CC2)ccc1S(C)(=O)=O. The summed E-state index contributed by atoms with van der Waals surface area (Å²) in [7, 11) is -3.17. The van der Waals surface area contributed by atoms with Gasteiger partial charge in [0.05, 0.1) is 4.90 Å². The first-order valence-corrected chi connectivity index (χ1v) is 7.84. The maximum absolute atomic E-state index is 11.5. The van der Waals surface area contributed by atoms with Crippen molar-refractivity contribution < 1.29 is 13.2 Å². The molecular weight excluding hydrogens is 250 g/mol. The fraction of sp³-hybridized carbons (Fsp3) is 0.462. The van der Waals surface area contributed by atoms with Crippen LogP contribution in [-0.4, -0.2) is 20.6 Å². The molecule has 0 aromatic heterocycles. The molecule has 1 aromatic rings. The number of hydrogen-bond acceptors (Lipinski definition) is 3. The molecule has 1 amide bonds. The van der Waals surface area contributed by atoms with Crippen molar-refractivity contribution in [2.24, 2.45) is 5.92 Å². The van der Waals surface area contributed by atoms with Gasteiger partial charge in [-0.05, 0) is 37.0 Å². The predicted molar refractivity (Wildman–Crippen MR) is 68.9 cm³/mol. The maximum atomic E-state index is 11.5. The molecule has 4 nitrogen and oxygen atoms in total. The van der Waals surface area contributed by atoms with Crippen LogP contribution in [0.1, 0.15) is 24.0 Å². The first kappa shape index (κ1) is 13.1. The summed E-state index contributed by atoms with van der Waals surface area (Å²) >= 11 is 0. The lowest BCUT2D eigenvalue weighted by atomic mass is 10.1. The number of rotatable bonds is 4. The van der Waals surface area contributed by atoms with Crippen LogP contribution in [0.4, 0.5) is 0 Å². The van der Waals surface area contributed by atoms with Crippen LogP contribution in [0, 0.1) is 12.8 Å². The number of carbonyl (C=O) groups excluding carboxylic acids is 1. The van der Waals surface area contributed by atoms with E-state index in [4.69, 9.17) is 0 Å². The monoisotopic (exact) mass is 267 g/mol. The second-order valence-electron chi connectivity index (χ2n) is 4.86. The maximum Gasteiger partial charge on any atom is 0.223 e. The Balaban J connectivity index is 2.06. The van der Waals surface area contributed by atoms with Crippen molar-refractivity contribution in [3.8, 4) is 0 Å². The largest absolute Gasteiger partial charge is 0.352 e. The quantitative estimate of drug-likeness (QED) is 0.897. The van der Waals surface area contributed by atoms with Crippen LogP contribution < -0.4 is 5.32 Å². The van der Waals surface area contributed by atoms with Crippen molar-refractivity contribution in [1.82, 2.24) is 5.32 Å². The predicted octanol–water partition coefficient (Wildman–Crippen LogP) is 1.42. The van der Waals surface area contributed by atoms with Gasteiger partial charge in [0.25, 0.3) is 0 Å². The smallest absolute Gasteiger partial charge is 0.223 e. The molecule has 0 radical (unpaired) electrons. The van der Waals surface area contributed by atoms with E-state index < -0.39 is 9.84 Å². The molecule has 18 heavy (non-hydrogen) atoms. The topological polar surface area (TPSA) is 63.2 Å². The lowest BCUT2D eigenvalue weighted by Crippen LogP contribution is -2.24. The zero-order valence-electron chi connectivity index (χ0n) is 10.6. The third kappa shape index (κ3) is 3.10. The van der Waals surface area contributed by atoms with Gasteiger partial charge < -0.3 is 5.32 Å². The van der Waals surface area contributed by atoms with E-state index in [9.17, 15) is 13.2 Å². The molecule has 0 atom stereocenters. The van der Waals surface area contributed by atoms with Crippen molar-refractivity contribution in [2.45, 2.75) is 31.2 Å². The molecule has 1 aromatic carbocycles. The van der Waals surface area contributed by atoms with Crippen LogP contribution in [0.5, 0.6) is 0 Å². The van der Waals surface area contributed by atoms with Crippen LogP contribution >= 0.6 is 0 Å². The first-order valence-electron chi connectivity index (χ1n) is 5.95. The minimum Gasteiger partial charge on any atom is -0.352 e. The van der Waals surface area contributed by atoms with Gasteiger partial charge in [-0.1, -0.05) is 12.1 Å². The van der Waals surface area contributed by atoms with Crippen LogP contribution in [0.2, 0.25) is 0 Å². The number of sulfone groups is 1. The highest BCUT2D eigenvalue weighted by atomic mass is 32.2. The van der Waals surface area contributed by atoms with E-state index in [1.165, 1.54) is 6.26 Å². The molecule has 0 aliphatic heterocycles. The Morgan fingerprint density at radius 1 is 1.39 bits per heavy atom. The highest BCUT2D eigenvalue weighted by Crippen LogP contribution is 2.28. The molecule has 0 heterocycles. The van der Waals surface area contributed by atoms with E-state index in [1.54, 1.807) is 19.1 Å². The van der Waals surface area contributed by atoms with Crippen LogP contribution in [0.25, 0.3) is 0 Å². The summed E-state index contributed by atoms with van der Waals surface area (Å²) in [6.45, 7) is 2.23. The average molecular weight is 267 g/mol. The molecule has 0 saturated heterocycles. The van der Waals surface area contributed by atoms with Gasteiger partial charge in [0.2, 0.25) is 5.91 Å². The standard InChI is InChI=1S/C13H17NO3S/c1-9-7-10(3-6-12(9)18(2,16)17)8-14-13(15)11-4-5-11/h3,6-7,11H,4-5,8H2,1-2H3,(H,14,15). The lowest BCUT2D eigenvalue weighted by Gasteiger charge is -2.08. The summed E-state index contributed by atoms with van der Waals surface area (Å²) in [4.78, 5) is 11.8. The van der Waals surface area contributed by atoms with Gasteiger partial charge in [0, 0.05) is 18.7 Å². The second kappa shape index (κ2) is 4.72. The second-order valence-corrected chi connectivity index (χ2v) is 6.85. The van der Waals surface area contributed by atoms with E-state index in [0.717, 1.165) is 24.0 Å². The normalized spacial score (nSPS) is 15.4. The zero-order valence-corrected chi connectivity index (χ0v) is 11.4. The first-order chi connectivity index (χ1) is 8.38. The summed E-state index contributed by atoms with van der Waals surface area (Å²) in [5, 5.41) is 2.86. The Hall–Kier alpha value is -1.36. The number of benzene rings is 1. The third-order valence-electron chi connectivity index (χ3n) is 3.05. The number of hydrogen-bond donors (Lipinski definition) is 1. The highest BCUT2D eigenvalue weighted by molar-refractivity contribution is 7.90. The number of carbonyl (C=O) groups is 1. The summed E-state index contributed by atoms with van der Waals surface area (Å²) < 4.78 is 22.9. The molecule has 1 aliphatic carbocycles. The number of nitrogens with one attached hydrogen (secondary N) is 1. The minimum absolute atomic E-state index is 0.0971. The van der Waals surface area contributed by atoms with E-state index >= 15 is 0 Å². The summed E-state index contributed by atoms with van der Waals surface area (Å²) in [5.41, 5.74) is 1.64. The molecule has 98 valence electrons. The van der Waals surface area contributed by atoms with Gasteiger partial charge in [-0.15, -0.1) is 0 Å². The molecule has 2 rings (SSSR count). The van der Waals surface area contributed by atoms with Gasteiger partial charge in [-0.3, -0.25) is 4.79 Å². The highest BCUT2D eigenvalue weighted by Gasteiger charge is 2.29. The van der Waals surface area contributed by atoms with Crippen LogP contribution in [0.3, 0.4) is 0 Å². The molecule has 1 aliphatic rings. The molecule has 0 bridgehead atoms. The molecule has 1 saturated carbocycles. The minimum atomic E-state index is -3.17. The number of amides is 1. The molecular formula is C13H17NO3S. The summed E-state index contributed by atoms with van der Waals surface area (Å²) in [5.74, 6) is 0.293. The molecule has 0 unspecified atom stereocenters. The molecule has 1 fully saturated rings. The van der Waals surface area contributed by atoms with Gasteiger partial charge >= 0.3 is 0 Å². The van der Waals surface area contributed by atoms with Gasteiger partial charge in [-0.25, -0.2) is 8.42 Å². The lowest BCUT2D eigenvalue weighted by molar-refractivity contribution is -0.122. The van der Waals surface area contributed by atoms with E-state index in [0.29, 0.717) is 11.4 Å². The number of aryl methyl sites for hydroxylation is 1. The fourth-order valence-electron chi connectivity index (χ4n) is 1.92. The van der Waals surface area contributed by atoms with Crippen molar-refractivity contribution in [2.75, 3.05) is 6.26 Å². The average Bonchev–Trinajstić information content (AvgIpc) is 3.07. The van der Waals surface area contributed by atoms with Gasteiger partial charge in [-0.2, -0.15) is 0 Å². The zero-order chi connectivity index (χ0) is 13.3. The van der Waals surface area contributed by atoms with E-state index in [2.05, 4.69) is 5.32 Å². The summed E-state index contributed by atoms with van der Waals surface area (Å²) in [6.07, 6.45) is 3.17. The van der Waals surface area contributed by atoms with Crippen molar-refractivity contribution in [3.63, 3.8) is 0 Å². The Morgan fingerprint density at radius 2 is 2.06 bits per heavy atom. The summed E-state index contributed by atoms with van der Waals surface area (Å²) in [6, 6.07) is 5.16. The molecule has 1 N–H and O–H groups in total. The van der Waals surface area contributed by atoms with Crippen LogP contribution in [-0.2, 0) is 21.2 Å². The van der Waals surface area contributed by atoms with Crippen molar-refractivity contribution in [3.05, 3.63) is 29.3 Å². The fourth-order valence-corrected chi connectivity index (χ4v) is 2.88. The van der Waals surface area contributed by atoms with Crippen LogP contribution in [0.15, 0.2) is 23.1 Å². The van der Waals surface area contributed by atoms with E-state index in [1.807, 2.05) is 6.07 Å².